The number of amides is 1. The third-order valence-corrected chi connectivity index (χ3v) is 4.93. The fourth-order valence-electron chi connectivity index (χ4n) is 3.32. The SMILES string of the molecule is [C-]#[N+]c1ccc(COc2nc(C3CCN(C(=O)OC(C)(C)C)CC3)ccc2F)c(F)c1. The Balaban J connectivity index is 1.63. The van der Waals surface area contributed by atoms with Crippen molar-refractivity contribution in [1.82, 2.24) is 9.88 Å². The maximum absolute atomic E-state index is 14.2. The second-order valence-electron chi connectivity index (χ2n) is 8.44. The first-order valence-corrected chi connectivity index (χ1v) is 10.1. The predicted molar refractivity (Wildman–Crippen MR) is 111 cm³/mol. The van der Waals surface area contributed by atoms with Gasteiger partial charge in [0.05, 0.1) is 6.57 Å². The number of hydrogen-bond donors (Lipinski definition) is 0. The molecule has 31 heavy (non-hydrogen) atoms. The van der Waals surface area contributed by atoms with Crippen LogP contribution in [-0.4, -0.2) is 34.7 Å². The number of benzene rings is 1. The van der Waals surface area contributed by atoms with Crippen molar-refractivity contribution in [3.63, 3.8) is 0 Å². The molecule has 8 heteroatoms. The minimum Gasteiger partial charge on any atom is -0.471 e. The van der Waals surface area contributed by atoms with Crippen molar-refractivity contribution in [2.45, 2.75) is 51.7 Å². The van der Waals surface area contributed by atoms with E-state index < -0.39 is 17.2 Å². The summed E-state index contributed by atoms with van der Waals surface area (Å²) in [5.41, 5.74) is 0.521. The molecule has 0 unspecified atom stereocenters. The molecule has 0 saturated carbocycles. The second-order valence-corrected chi connectivity index (χ2v) is 8.44. The highest BCUT2D eigenvalue weighted by Gasteiger charge is 2.28. The van der Waals surface area contributed by atoms with Gasteiger partial charge in [-0.05, 0) is 51.8 Å². The van der Waals surface area contributed by atoms with Gasteiger partial charge in [0.15, 0.2) is 11.5 Å². The summed E-state index contributed by atoms with van der Waals surface area (Å²) >= 11 is 0. The van der Waals surface area contributed by atoms with E-state index >= 15 is 0 Å². The number of halogens is 2. The van der Waals surface area contributed by atoms with Crippen LogP contribution in [0.15, 0.2) is 30.3 Å². The van der Waals surface area contributed by atoms with Gasteiger partial charge in [-0.1, -0.05) is 12.1 Å². The molecule has 1 saturated heterocycles. The Labute approximate surface area is 180 Å². The topological polar surface area (TPSA) is 56.0 Å². The summed E-state index contributed by atoms with van der Waals surface area (Å²) in [6.45, 7) is 13.2. The van der Waals surface area contributed by atoms with Crippen molar-refractivity contribution in [1.29, 1.82) is 0 Å². The highest BCUT2D eigenvalue weighted by molar-refractivity contribution is 5.68. The standard InChI is InChI=1S/C23H25F2N3O3/c1-23(2,3)31-22(29)28-11-9-15(10-12-28)20-8-7-18(24)21(27-20)30-14-16-5-6-17(26-4)13-19(16)25/h5-8,13,15H,9-12,14H2,1-3H3. The molecule has 1 aromatic heterocycles. The van der Waals surface area contributed by atoms with Gasteiger partial charge >= 0.3 is 6.09 Å². The Morgan fingerprint density at radius 1 is 1.19 bits per heavy atom. The lowest BCUT2D eigenvalue weighted by Gasteiger charge is -2.33. The molecule has 0 radical (unpaired) electrons. The van der Waals surface area contributed by atoms with Crippen LogP contribution in [0.1, 0.15) is 50.8 Å². The minimum absolute atomic E-state index is 0.0522. The third kappa shape index (κ3) is 5.91. The van der Waals surface area contributed by atoms with Gasteiger partial charge < -0.3 is 14.4 Å². The van der Waals surface area contributed by atoms with Crippen molar-refractivity contribution >= 4 is 11.8 Å². The molecule has 1 aliphatic heterocycles. The van der Waals surface area contributed by atoms with Gasteiger partial charge in [0.1, 0.15) is 18.0 Å². The third-order valence-electron chi connectivity index (χ3n) is 4.93. The number of hydrogen-bond acceptors (Lipinski definition) is 4. The number of carbonyl (C=O) groups excluding carboxylic acids is 1. The maximum Gasteiger partial charge on any atom is 0.410 e. The molecule has 2 heterocycles. The maximum atomic E-state index is 14.2. The van der Waals surface area contributed by atoms with Crippen LogP contribution in [0.5, 0.6) is 5.88 Å². The molecule has 0 spiro atoms. The van der Waals surface area contributed by atoms with E-state index in [0.717, 1.165) is 6.07 Å². The van der Waals surface area contributed by atoms with E-state index in [1.807, 2.05) is 20.8 Å². The lowest BCUT2D eigenvalue weighted by Crippen LogP contribution is -2.41. The van der Waals surface area contributed by atoms with Crippen LogP contribution < -0.4 is 4.74 Å². The smallest absolute Gasteiger partial charge is 0.410 e. The van der Waals surface area contributed by atoms with Gasteiger partial charge in [0, 0.05) is 30.3 Å². The van der Waals surface area contributed by atoms with Crippen LogP contribution in [0, 0.1) is 18.2 Å². The van der Waals surface area contributed by atoms with E-state index in [1.54, 1.807) is 11.0 Å². The van der Waals surface area contributed by atoms with Crippen LogP contribution in [0.3, 0.4) is 0 Å². The van der Waals surface area contributed by atoms with Gasteiger partial charge in [0.2, 0.25) is 0 Å². The average Bonchev–Trinajstić information content (AvgIpc) is 2.72. The molecule has 164 valence electrons. The lowest BCUT2D eigenvalue weighted by molar-refractivity contribution is 0.0204. The molecule has 0 aliphatic carbocycles. The summed E-state index contributed by atoms with van der Waals surface area (Å²) < 4.78 is 39.1. The van der Waals surface area contributed by atoms with E-state index in [-0.39, 0.29) is 35.7 Å². The molecular weight excluding hydrogens is 404 g/mol. The van der Waals surface area contributed by atoms with Crippen molar-refractivity contribution in [3.8, 4) is 5.88 Å². The molecule has 0 atom stereocenters. The molecule has 6 nitrogen and oxygen atoms in total. The Hall–Kier alpha value is -3.21. The van der Waals surface area contributed by atoms with E-state index in [9.17, 15) is 13.6 Å². The summed E-state index contributed by atoms with van der Waals surface area (Å²) in [7, 11) is 0. The molecule has 2 aromatic rings. The first kappa shape index (κ1) is 22.5. The molecule has 1 aromatic carbocycles. The Morgan fingerprint density at radius 3 is 2.52 bits per heavy atom. The van der Waals surface area contributed by atoms with Crippen molar-refractivity contribution in [2.24, 2.45) is 0 Å². The van der Waals surface area contributed by atoms with E-state index in [4.69, 9.17) is 16.0 Å². The molecule has 0 bridgehead atoms. The van der Waals surface area contributed by atoms with E-state index in [0.29, 0.717) is 31.6 Å². The van der Waals surface area contributed by atoms with Gasteiger partial charge in [0.25, 0.3) is 5.88 Å². The monoisotopic (exact) mass is 429 g/mol. The first-order chi connectivity index (χ1) is 14.7. The van der Waals surface area contributed by atoms with E-state index in [1.165, 1.54) is 18.2 Å². The Morgan fingerprint density at radius 2 is 1.90 bits per heavy atom. The fraction of sp³-hybridized carbons (Fsp3) is 0.435. The quantitative estimate of drug-likeness (QED) is 0.594. The molecule has 0 N–H and O–H groups in total. The summed E-state index contributed by atoms with van der Waals surface area (Å²) in [6.07, 6.45) is 1.00. The molecular formula is C23H25F2N3O3. The number of aromatic nitrogens is 1. The minimum atomic E-state index is -0.631. The lowest BCUT2D eigenvalue weighted by atomic mass is 9.93. The van der Waals surface area contributed by atoms with Crippen LogP contribution in [0.4, 0.5) is 19.3 Å². The van der Waals surface area contributed by atoms with Crippen molar-refractivity contribution in [3.05, 3.63) is 64.6 Å². The van der Waals surface area contributed by atoms with E-state index in [2.05, 4.69) is 9.83 Å². The zero-order valence-corrected chi connectivity index (χ0v) is 17.8. The van der Waals surface area contributed by atoms with Gasteiger partial charge in [-0.25, -0.2) is 23.4 Å². The summed E-state index contributed by atoms with van der Waals surface area (Å²) in [6, 6.07) is 6.94. The molecule has 1 amide bonds. The van der Waals surface area contributed by atoms with Crippen LogP contribution >= 0.6 is 0 Å². The first-order valence-electron chi connectivity index (χ1n) is 10.1. The molecule has 3 rings (SSSR count). The Kier molecular flexibility index (Phi) is 6.74. The number of nitrogens with zero attached hydrogens (tertiary/aromatic N) is 3. The average molecular weight is 429 g/mol. The Bertz CT molecular complexity index is 991. The molecule has 1 fully saturated rings. The number of likely N-dealkylation sites (tertiary alicyclic amines) is 1. The predicted octanol–water partition coefficient (Wildman–Crippen LogP) is 5.60. The summed E-state index contributed by atoms with van der Waals surface area (Å²) in [5.74, 6) is -1.36. The zero-order valence-electron chi connectivity index (χ0n) is 17.8. The van der Waals surface area contributed by atoms with Gasteiger partial charge in [-0.3, -0.25) is 0 Å². The van der Waals surface area contributed by atoms with Crippen LogP contribution in [0.25, 0.3) is 4.85 Å². The summed E-state index contributed by atoms with van der Waals surface area (Å²) in [4.78, 5) is 21.3. The number of rotatable bonds is 4. The van der Waals surface area contributed by atoms with Gasteiger partial charge in [-0.15, -0.1) is 0 Å². The van der Waals surface area contributed by atoms with Crippen molar-refractivity contribution < 1.29 is 23.0 Å². The molecule has 1 aliphatic rings. The second kappa shape index (κ2) is 9.29. The number of ether oxygens (including phenoxy) is 2. The summed E-state index contributed by atoms with van der Waals surface area (Å²) in [5, 5.41) is 0. The normalized spacial score (nSPS) is 14.8. The number of carbonyl (C=O) groups is 1. The fourth-order valence-corrected chi connectivity index (χ4v) is 3.32. The zero-order chi connectivity index (χ0) is 22.6. The van der Waals surface area contributed by atoms with Gasteiger partial charge in [-0.2, -0.15) is 0 Å². The van der Waals surface area contributed by atoms with Crippen molar-refractivity contribution in [2.75, 3.05) is 13.1 Å². The highest BCUT2D eigenvalue weighted by Crippen LogP contribution is 2.30. The number of pyridine rings is 1. The largest absolute Gasteiger partial charge is 0.471 e. The highest BCUT2D eigenvalue weighted by atomic mass is 19.1. The number of piperidine rings is 1. The van der Waals surface area contributed by atoms with Crippen LogP contribution in [0.2, 0.25) is 0 Å². The van der Waals surface area contributed by atoms with Crippen LogP contribution in [-0.2, 0) is 11.3 Å².